The second kappa shape index (κ2) is 5.87. The number of likely N-dealkylation sites (N-methyl/N-ethyl adjacent to an activating group) is 1. The van der Waals surface area contributed by atoms with Gasteiger partial charge in [-0.3, -0.25) is 0 Å². The minimum Gasteiger partial charge on any atom is -0.384 e. The van der Waals surface area contributed by atoms with Crippen molar-refractivity contribution in [2.75, 3.05) is 36.1 Å². The van der Waals surface area contributed by atoms with E-state index in [1.807, 2.05) is 13.1 Å². The van der Waals surface area contributed by atoms with Crippen LogP contribution in [0.4, 0.5) is 17.3 Å². The zero-order chi connectivity index (χ0) is 13.9. The average Bonchev–Trinajstić information content (AvgIpc) is 3.08. The quantitative estimate of drug-likeness (QED) is 0.782. The first kappa shape index (κ1) is 13.5. The van der Waals surface area contributed by atoms with Gasteiger partial charge < -0.3 is 21.3 Å². The van der Waals surface area contributed by atoms with E-state index in [0.717, 1.165) is 18.9 Å². The fourth-order valence-corrected chi connectivity index (χ4v) is 3.30. The Morgan fingerprint density at radius 1 is 1.20 bits per heavy atom. The van der Waals surface area contributed by atoms with Gasteiger partial charge in [0, 0.05) is 43.0 Å². The molecule has 2 fully saturated rings. The van der Waals surface area contributed by atoms with Crippen molar-refractivity contribution in [3.63, 3.8) is 0 Å². The molecular formula is C15H25N5. The van der Waals surface area contributed by atoms with E-state index in [2.05, 4.69) is 26.6 Å². The van der Waals surface area contributed by atoms with Crippen LogP contribution in [0.1, 0.15) is 32.1 Å². The lowest BCUT2D eigenvalue weighted by atomic mass is 10.2. The summed E-state index contributed by atoms with van der Waals surface area (Å²) in [6, 6.07) is 5.28. The first-order chi connectivity index (χ1) is 9.74. The molecule has 1 aromatic heterocycles. The highest BCUT2D eigenvalue weighted by molar-refractivity contribution is 5.61. The highest BCUT2D eigenvalue weighted by atomic mass is 15.2. The van der Waals surface area contributed by atoms with Gasteiger partial charge in [-0.1, -0.05) is 12.8 Å². The monoisotopic (exact) mass is 275 g/mol. The second-order valence-electron chi connectivity index (χ2n) is 5.98. The number of rotatable bonds is 4. The molecule has 20 heavy (non-hydrogen) atoms. The van der Waals surface area contributed by atoms with Gasteiger partial charge in [0.15, 0.2) is 0 Å². The van der Waals surface area contributed by atoms with Crippen LogP contribution < -0.4 is 21.3 Å². The van der Waals surface area contributed by atoms with Gasteiger partial charge in [0.25, 0.3) is 0 Å². The van der Waals surface area contributed by atoms with E-state index in [1.54, 1.807) is 0 Å². The zero-order valence-corrected chi connectivity index (χ0v) is 12.2. The van der Waals surface area contributed by atoms with Crippen LogP contribution in [0.3, 0.4) is 0 Å². The molecule has 0 bridgehead atoms. The van der Waals surface area contributed by atoms with E-state index in [1.165, 1.54) is 37.8 Å². The van der Waals surface area contributed by atoms with Crippen molar-refractivity contribution in [2.45, 2.75) is 44.2 Å². The van der Waals surface area contributed by atoms with Crippen LogP contribution in [0, 0.1) is 0 Å². The number of hydrogen-bond donors (Lipinski definition) is 3. The molecule has 0 radical (unpaired) electrons. The maximum atomic E-state index is 5.98. The molecule has 2 aliphatic rings. The third-order valence-electron chi connectivity index (χ3n) is 4.50. The summed E-state index contributed by atoms with van der Waals surface area (Å²) in [6.45, 7) is 2.13. The molecule has 1 saturated heterocycles. The lowest BCUT2D eigenvalue weighted by molar-refractivity contribution is 0.617. The van der Waals surface area contributed by atoms with Crippen LogP contribution in [0.15, 0.2) is 12.1 Å². The Morgan fingerprint density at radius 2 is 2.00 bits per heavy atom. The lowest BCUT2D eigenvalue weighted by Crippen LogP contribution is -2.29. The summed E-state index contributed by atoms with van der Waals surface area (Å²) in [6.07, 6.45) is 6.32. The standard InChI is InChI=1S/C15H25N5/c1-17-12-6-7-20(10-12)13-8-14(16)19-15(9-13)18-11-4-2-3-5-11/h8-9,11-12,17H,2-7,10H2,1H3,(H3,16,18,19)/t12-/m1/s1. The molecule has 1 aliphatic heterocycles. The van der Waals surface area contributed by atoms with E-state index in [4.69, 9.17) is 5.73 Å². The van der Waals surface area contributed by atoms with Crippen molar-refractivity contribution in [2.24, 2.45) is 0 Å². The Balaban J connectivity index is 1.72. The van der Waals surface area contributed by atoms with Crippen molar-refractivity contribution < 1.29 is 0 Å². The van der Waals surface area contributed by atoms with Gasteiger partial charge in [-0.2, -0.15) is 0 Å². The fourth-order valence-electron chi connectivity index (χ4n) is 3.30. The number of nitrogens with one attached hydrogen (secondary N) is 2. The normalized spacial score (nSPS) is 23.4. The van der Waals surface area contributed by atoms with Crippen LogP contribution in [0.2, 0.25) is 0 Å². The van der Waals surface area contributed by atoms with Gasteiger partial charge in [0.2, 0.25) is 0 Å². The molecule has 1 aliphatic carbocycles. The summed E-state index contributed by atoms with van der Waals surface area (Å²) in [7, 11) is 2.03. The maximum absolute atomic E-state index is 5.98. The number of aromatic nitrogens is 1. The molecule has 1 saturated carbocycles. The molecular weight excluding hydrogens is 250 g/mol. The largest absolute Gasteiger partial charge is 0.384 e. The summed E-state index contributed by atoms with van der Waals surface area (Å²) < 4.78 is 0. The molecule has 0 amide bonds. The predicted molar refractivity (Wildman–Crippen MR) is 84.2 cm³/mol. The van der Waals surface area contributed by atoms with Crippen LogP contribution in [0.25, 0.3) is 0 Å². The predicted octanol–water partition coefficient (Wildman–Crippen LogP) is 1.82. The molecule has 1 aromatic rings. The minimum atomic E-state index is 0.570. The van der Waals surface area contributed by atoms with E-state index in [-0.39, 0.29) is 0 Å². The number of nitrogen functional groups attached to an aromatic ring is 1. The van der Waals surface area contributed by atoms with Crippen molar-refractivity contribution in [3.8, 4) is 0 Å². The summed E-state index contributed by atoms with van der Waals surface area (Å²) in [4.78, 5) is 6.82. The van der Waals surface area contributed by atoms with Crippen LogP contribution in [0.5, 0.6) is 0 Å². The van der Waals surface area contributed by atoms with Crippen LogP contribution in [-0.4, -0.2) is 37.2 Å². The average molecular weight is 275 g/mol. The summed E-state index contributed by atoms with van der Waals surface area (Å²) in [5, 5.41) is 6.88. The Bertz CT molecular complexity index is 456. The van der Waals surface area contributed by atoms with E-state index in [9.17, 15) is 0 Å². The number of anilines is 3. The molecule has 0 aromatic carbocycles. The number of pyridine rings is 1. The van der Waals surface area contributed by atoms with Gasteiger partial charge in [0.05, 0.1) is 0 Å². The Kier molecular flexibility index (Phi) is 3.96. The Morgan fingerprint density at radius 3 is 2.70 bits per heavy atom. The van der Waals surface area contributed by atoms with E-state index < -0.39 is 0 Å². The third kappa shape index (κ3) is 2.98. The molecule has 5 heteroatoms. The topological polar surface area (TPSA) is 66.2 Å². The van der Waals surface area contributed by atoms with Gasteiger partial charge in [-0.25, -0.2) is 4.98 Å². The fraction of sp³-hybridized carbons (Fsp3) is 0.667. The van der Waals surface area contributed by atoms with Gasteiger partial charge in [-0.15, -0.1) is 0 Å². The molecule has 3 rings (SSSR count). The first-order valence-electron chi connectivity index (χ1n) is 7.71. The van der Waals surface area contributed by atoms with Gasteiger partial charge in [-0.05, 0) is 26.3 Å². The number of hydrogen-bond acceptors (Lipinski definition) is 5. The first-order valence-corrected chi connectivity index (χ1v) is 7.71. The number of nitrogens with zero attached hydrogens (tertiary/aromatic N) is 2. The maximum Gasteiger partial charge on any atom is 0.130 e. The van der Waals surface area contributed by atoms with Gasteiger partial charge in [0.1, 0.15) is 11.6 Å². The zero-order valence-electron chi connectivity index (χ0n) is 12.2. The highest BCUT2D eigenvalue weighted by Crippen LogP contribution is 2.27. The lowest BCUT2D eigenvalue weighted by Gasteiger charge is -2.21. The van der Waals surface area contributed by atoms with E-state index >= 15 is 0 Å². The molecule has 0 spiro atoms. The third-order valence-corrected chi connectivity index (χ3v) is 4.50. The summed E-state index contributed by atoms with van der Waals surface area (Å²) >= 11 is 0. The smallest absolute Gasteiger partial charge is 0.130 e. The molecule has 0 unspecified atom stereocenters. The van der Waals surface area contributed by atoms with Gasteiger partial charge >= 0.3 is 0 Å². The highest BCUT2D eigenvalue weighted by Gasteiger charge is 2.22. The van der Waals surface area contributed by atoms with Crippen molar-refractivity contribution in [3.05, 3.63) is 12.1 Å². The molecule has 1 atom stereocenters. The Hall–Kier alpha value is -1.49. The van der Waals surface area contributed by atoms with E-state index in [0.29, 0.717) is 17.9 Å². The van der Waals surface area contributed by atoms with Crippen molar-refractivity contribution in [1.82, 2.24) is 10.3 Å². The number of nitrogens with two attached hydrogens (primary N) is 1. The Labute approximate surface area is 120 Å². The van der Waals surface area contributed by atoms with Crippen LogP contribution in [-0.2, 0) is 0 Å². The molecule has 5 nitrogen and oxygen atoms in total. The summed E-state index contributed by atoms with van der Waals surface area (Å²) in [5.41, 5.74) is 7.17. The summed E-state index contributed by atoms with van der Waals surface area (Å²) in [5.74, 6) is 1.54. The molecule has 2 heterocycles. The van der Waals surface area contributed by atoms with Crippen LogP contribution >= 0.6 is 0 Å². The molecule has 4 N–H and O–H groups in total. The SMILES string of the molecule is CN[C@@H]1CCN(c2cc(N)nc(NC3CCCC3)c2)C1. The van der Waals surface area contributed by atoms with Crippen molar-refractivity contribution >= 4 is 17.3 Å². The molecule has 110 valence electrons. The second-order valence-corrected chi connectivity index (χ2v) is 5.98. The van der Waals surface area contributed by atoms with Crippen molar-refractivity contribution in [1.29, 1.82) is 0 Å². The minimum absolute atomic E-state index is 0.570.